The Balaban J connectivity index is 1.53. The molecule has 0 spiro atoms. The summed E-state index contributed by atoms with van der Waals surface area (Å²) in [5, 5.41) is 3.96. The highest BCUT2D eigenvalue weighted by atomic mass is 19.1. The zero-order valence-electron chi connectivity index (χ0n) is 11.9. The molecule has 0 radical (unpaired) electrons. The first kappa shape index (κ1) is 13.3. The second kappa shape index (κ2) is 5.13. The van der Waals surface area contributed by atoms with E-state index >= 15 is 0 Å². The second-order valence-electron chi connectivity index (χ2n) is 5.68. The largest absolute Gasteiger partial charge is 0.493 e. The molecule has 3 N–H and O–H groups in total. The Bertz CT molecular complexity index is 663. The lowest BCUT2D eigenvalue weighted by atomic mass is 9.95. The second-order valence-corrected chi connectivity index (χ2v) is 5.68. The van der Waals surface area contributed by atoms with Crippen LogP contribution in [0.2, 0.25) is 0 Å². The lowest BCUT2D eigenvalue weighted by molar-refractivity contribution is -0.127. The number of carbonyl (C=O) groups is 1. The summed E-state index contributed by atoms with van der Waals surface area (Å²) in [6.07, 6.45) is 1.12. The monoisotopic (exact) mass is 305 g/mol. The van der Waals surface area contributed by atoms with Gasteiger partial charge in [0.25, 0.3) is 0 Å². The van der Waals surface area contributed by atoms with Crippen LogP contribution < -0.4 is 21.2 Å². The van der Waals surface area contributed by atoms with Crippen molar-refractivity contribution in [2.45, 2.75) is 18.8 Å². The van der Waals surface area contributed by atoms with Crippen molar-refractivity contribution >= 4 is 11.7 Å². The summed E-state index contributed by atoms with van der Waals surface area (Å²) in [7, 11) is 0. The summed E-state index contributed by atoms with van der Waals surface area (Å²) in [5.74, 6) is 0.861. The molecule has 1 atom stereocenters. The van der Waals surface area contributed by atoms with E-state index in [-0.39, 0.29) is 17.6 Å². The molecule has 4 rings (SSSR count). The van der Waals surface area contributed by atoms with Gasteiger partial charge in [-0.1, -0.05) is 0 Å². The van der Waals surface area contributed by atoms with E-state index in [9.17, 15) is 9.18 Å². The normalized spacial score (nSPS) is 23.0. The van der Waals surface area contributed by atoms with Gasteiger partial charge >= 0.3 is 0 Å². The summed E-state index contributed by atoms with van der Waals surface area (Å²) in [5.41, 5.74) is 9.63. The Morgan fingerprint density at radius 2 is 2.36 bits per heavy atom. The summed E-state index contributed by atoms with van der Waals surface area (Å²) >= 11 is 0. The Morgan fingerprint density at radius 3 is 3.18 bits per heavy atom. The predicted octanol–water partition coefficient (Wildman–Crippen LogP) is 0.00240. The molecule has 0 unspecified atom stereocenters. The highest BCUT2D eigenvalue weighted by Gasteiger charge is 2.34. The summed E-state index contributed by atoms with van der Waals surface area (Å²) in [4.78, 5) is 13.8. The van der Waals surface area contributed by atoms with Gasteiger partial charge in [-0.2, -0.15) is 0 Å². The molecule has 1 aromatic carbocycles. The lowest BCUT2D eigenvalue weighted by Crippen LogP contribution is -2.41. The summed E-state index contributed by atoms with van der Waals surface area (Å²) < 4.78 is 19.7. The molecule has 22 heavy (non-hydrogen) atoms. The highest BCUT2D eigenvalue weighted by Crippen LogP contribution is 2.35. The topological polar surface area (TPSA) is 78.0 Å². The molecular formula is C14H16FN5O2. The molecule has 1 aromatic rings. The summed E-state index contributed by atoms with van der Waals surface area (Å²) in [6, 6.07) is 3.30. The lowest BCUT2D eigenvalue weighted by Gasteiger charge is -2.16. The number of hydrazine groups is 2. The van der Waals surface area contributed by atoms with Crippen LogP contribution in [0.5, 0.6) is 5.75 Å². The van der Waals surface area contributed by atoms with Crippen LogP contribution in [0.1, 0.15) is 23.5 Å². The maximum absolute atomic E-state index is 14.3. The fourth-order valence-corrected chi connectivity index (χ4v) is 3.14. The van der Waals surface area contributed by atoms with Gasteiger partial charge in [0.1, 0.15) is 11.6 Å². The van der Waals surface area contributed by atoms with Crippen molar-refractivity contribution in [1.29, 1.82) is 0 Å². The van der Waals surface area contributed by atoms with Crippen LogP contribution in [0.3, 0.4) is 0 Å². The van der Waals surface area contributed by atoms with Crippen molar-refractivity contribution in [3.63, 3.8) is 0 Å². The molecule has 0 aliphatic carbocycles. The number of hydrazone groups is 1. The minimum atomic E-state index is -0.292. The van der Waals surface area contributed by atoms with E-state index in [0.717, 1.165) is 12.0 Å². The van der Waals surface area contributed by atoms with E-state index in [1.165, 1.54) is 6.07 Å². The molecule has 1 fully saturated rings. The smallest absolute Gasteiger partial charge is 0.223 e. The van der Waals surface area contributed by atoms with Crippen LogP contribution >= 0.6 is 0 Å². The zero-order chi connectivity index (χ0) is 15.1. The Hall–Kier alpha value is -2.35. The SMILES string of the molecule is O=C1C[C@H](c2cc3c(cc2F)OCC3)CN1CC1=NNNN1. The van der Waals surface area contributed by atoms with Gasteiger partial charge in [-0.3, -0.25) is 10.2 Å². The number of nitrogens with one attached hydrogen (secondary N) is 3. The van der Waals surface area contributed by atoms with Crippen molar-refractivity contribution in [2.24, 2.45) is 5.10 Å². The molecule has 3 aliphatic heterocycles. The summed E-state index contributed by atoms with van der Waals surface area (Å²) in [6.45, 7) is 1.47. The van der Waals surface area contributed by atoms with Crippen LogP contribution in [-0.2, 0) is 11.2 Å². The van der Waals surface area contributed by atoms with Crippen LogP contribution in [0.25, 0.3) is 0 Å². The third-order valence-electron chi connectivity index (χ3n) is 4.26. The van der Waals surface area contributed by atoms with Gasteiger partial charge in [0.15, 0.2) is 5.84 Å². The number of hydrogen-bond donors (Lipinski definition) is 3. The van der Waals surface area contributed by atoms with E-state index in [4.69, 9.17) is 4.74 Å². The molecule has 7 nitrogen and oxygen atoms in total. The Kier molecular flexibility index (Phi) is 3.11. The Labute approximate surface area is 126 Å². The van der Waals surface area contributed by atoms with Gasteiger partial charge in [0, 0.05) is 31.4 Å². The average Bonchev–Trinajstić information content (AvgIpc) is 3.20. The van der Waals surface area contributed by atoms with E-state index in [0.29, 0.717) is 43.3 Å². The molecule has 116 valence electrons. The quantitative estimate of drug-likeness (QED) is 0.733. The first-order chi connectivity index (χ1) is 10.7. The number of hydrogen-bond acceptors (Lipinski definition) is 6. The fourth-order valence-electron chi connectivity index (χ4n) is 3.14. The number of nitrogens with zero attached hydrogens (tertiary/aromatic N) is 2. The van der Waals surface area contributed by atoms with Crippen molar-refractivity contribution in [3.8, 4) is 5.75 Å². The van der Waals surface area contributed by atoms with E-state index < -0.39 is 0 Å². The number of amidine groups is 1. The molecule has 0 bridgehead atoms. The number of fused-ring (bicyclic) bond motifs is 1. The molecule has 0 aromatic heterocycles. The number of rotatable bonds is 3. The fraction of sp³-hybridized carbons (Fsp3) is 0.429. The van der Waals surface area contributed by atoms with Crippen LogP contribution in [-0.4, -0.2) is 36.3 Å². The number of likely N-dealkylation sites (tertiary alicyclic amines) is 1. The molecule has 1 saturated heterocycles. The number of ether oxygens (including phenoxy) is 1. The number of halogens is 1. The van der Waals surface area contributed by atoms with Crippen LogP contribution in [0.15, 0.2) is 17.2 Å². The number of carbonyl (C=O) groups excluding carboxylic acids is 1. The van der Waals surface area contributed by atoms with Gasteiger partial charge in [-0.05, 0) is 17.2 Å². The number of benzene rings is 1. The van der Waals surface area contributed by atoms with Gasteiger partial charge in [-0.25, -0.2) is 9.93 Å². The third kappa shape index (κ3) is 2.25. The standard InChI is InChI=1S/C14H16FN5O2/c15-11-5-12-8(1-2-22-12)3-10(11)9-4-14(21)20(6-9)7-13-16-18-19-17-13/h3,5,9,18-19H,1-2,4,6-7H2,(H,16,17)/t9-/m0/s1. The van der Waals surface area contributed by atoms with Gasteiger partial charge < -0.3 is 9.64 Å². The minimum absolute atomic E-state index is 0.0116. The van der Waals surface area contributed by atoms with Gasteiger partial charge in [0.2, 0.25) is 5.91 Å². The average molecular weight is 305 g/mol. The van der Waals surface area contributed by atoms with E-state index in [1.807, 2.05) is 6.07 Å². The van der Waals surface area contributed by atoms with Crippen molar-refractivity contribution in [2.75, 3.05) is 19.7 Å². The van der Waals surface area contributed by atoms with Crippen molar-refractivity contribution in [3.05, 3.63) is 29.1 Å². The Morgan fingerprint density at radius 1 is 1.45 bits per heavy atom. The van der Waals surface area contributed by atoms with Gasteiger partial charge in [0.05, 0.1) is 13.2 Å². The van der Waals surface area contributed by atoms with Crippen LogP contribution in [0, 0.1) is 5.82 Å². The van der Waals surface area contributed by atoms with Crippen LogP contribution in [0.4, 0.5) is 4.39 Å². The van der Waals surface area contributed by atoms with Crippen molar-refractivity contribution in [1.82, 2.24) is 21.4 Å². The zero-order valence-corrected chi connectivity index (χ0v) is 11.9. The van der Waals surface area contributed by atoms with Gasteiger partial charge in [-0.15, -0.1) is 10.6 Å². The molecule has 3 heterocycles. The van der Waals surface area contributed by atoms with E-state index in [1.54, 1.807) is 4.90 Å². The maximum atomic E-state index is 14.3. The molecule has 1 amide bonds. The molecule has 0 saturated carbocycles. The predicted molar refractivity (Wildman–Crippen MR) is 76.4 cm³/mol. The highest BCUT2D eigenvalue weighted by molar-refractivity contribution is 5.89. The maximum Gasteiger partial charge on any atom is 0.223 e. The van der Waals surface area contributed by atoms with Crippen molar-refractivity contribution < 1.29 is 13.9 Å². The molecular weight excluding hydrogens is 289 g/mol. The molecule has 8 heteroatoms. The number of amides is 1. The molecule has 3 aliphatic rings. The van der Waals surface area contributed by atoms with E-state index in [2.05, 4.69) is 21.6 Å². The minimum Gasteiger partial charge on any atom is -0.493 e. The first-order valence-corrected chi connectivity index (χ1v) is 7.26. The third-order valence-corrected chi connectivity index (χ3v) is 4.26. The first-order valence-electron chi connectivity index (χ1n) is 7.26.